The average Bonchev–Trinajstić information content (AvgIpc) is 2.66. The molecule has 7 nitrogen and oxygen atoms in total. The van der Waals surface area contributed by atoms with Crippen LogP contribution in [0.2, 0.25) is 0 Å². The summed E-state index contributed by atoms with van der Waals surface area (Å²) < 4.78 is 54.0. The molecule has 0 saturated carbocycles. The number of halogens is 4. The van der Waals surface area contributed by atoms with E-state index in [1.165, 1.54) is 12.3 Å². The zero-order valence-corrected chi connectivity index (χ0v) is 15.2. The van der Waals surface area contributed by atoms with E-state index in [4.69, 9.17) is 16.4 Å². The molecule has 0 aliphatic carbocycles. The molecule has 0 spiro atoms. The summed E-state index contributed by atoms with van der Waals surface area (Å²) in [6, 6.07) is 2.83. The Labute approximate surface area is 163 Å². The predicted molar refractivity (Wildman–Crippen MR) is 95.1 cm³/mol. The summed E-state index contributed by atoms with van der Waals surface area (Å²) in [5.41, 5.74) is 5.80. The number of carbonyl (C=O) groups is 1. The minimum atomic E-state index is -4.68. The Morgan fingerprint density at radius 1 is 1.38 bits per heavy atom. The van der Waals surface area contributed by atoms with Gasteiger partial charge in [0.1, 0.15) is 11.9 Å². The molecular formula is C18H18F4N6O. The summed E-state index contributed by atoms with van der Waals surface area (Å²) in [6.45, 7) is 0.782. The molecule has 11 heteroatoms. The van der Waals surface area contributed by atoms with Crippen LogP contribution < -0.4 is 16.0 Å². The maximum absolute atomic E-state index is 13.8. The molecule has 1 atom stereocenters. The first-order chi connectivity index (χ1) is 13.6. The zero-order chi connectivity index (χ0) is 21.3. The monoisotopic (exact) mass is 410 g/mol. The van der Waals surface area contributed by atoms with E-state index in [1.807, 2.05) is 0 Å². The lowest BCUT2D eigenvalue weighted by molar-refractivity contribution is -0.169. The smallest absolute Gasteiger partial charge is 0.396 e. The number of hydrogen-bond acceptors (Lipinski definition) is 6. The lowest BCUT2D eigenvalue weighted by Gasteiger charge is -2.36. The third-order valence-electron chi connectivity index (χ3n) is 5.21. The van der Waals surface area contributed by atoms with Gasteiger partial charge in [-0.05, 0) is 12.8 Å². The van der Waals surface area contributed by atoms with Crippen LogP contribution in [0.5, 0.6) is 0 Å². The first-order valence-corrected chi connectivity index (χ1v) is 8.87. The van der Waals surface area contributed by atoms with E-state index in [0.717, 1.165) is 0 Å². The highest BCUT2D eigenvalue weighted by atomic mass is 19.4. The van der Waals surface area contributed by atoms with Gasteiger partial charge in [0.2, 0.25) is 5.91 Å². The van der Waals surface area contributed by atoms with Gasteiger partial charge in [-0.25, -0.2) is 9.37 Å². The molecule has 29 heavy (non-hydrogen) atoms. The summed E-state index contributed by atoms with van der Waals surface area (Å²) >= 11 is 0. The van der Waals surface area contributed by atoms with Crippen LogP contribution in [0.1, 0.15) is 25.0 Å². The lowest BCUT2D eigenvalue weighted by Crippen LogP contribution is -2.47. The van der Waals surface area contributed by atoms with Crippen LogP contribution in [-0.4, -0.2) is 36.0 Å². The van der Waals surface area contributed by atoms with Gasteiger partial charge in [-0.2, -0.15) is 18.4 Å². The Morgan fingerprint density at radius 3 is 2.59 bits per heavy atom. The molecule has 2 aliphatic rings. The summed E-state index contributed by atoms with van der Waals surface area (Å²) in [7, 11) is 0. The molecule has 1 aromatic rings. The van der Waals surface area contributed by atoms with Crippen molar-refractivity contribution < 1.29 is 22.4 Å². The Balaban J connectivity index is 1.78. The number of hydrogen-bond donors (Lipinski definition) is 3. The van der Waals surface area contributed by atoms with Crippen molar-refractivity contribution in [2.75, 3.05) is 18.0 Å². The molecular weight excluding hydrogens is 392 g/mol. The molecule has 1 amide bonds. The maximum atomic E-state index is 13.8. The molecule has 3 rings (SSSR count). The number of aromatic nitrogens is 1. The fourth-order valence-electron chi connectivity index (χ4n) is 3.70. The first kappa shape index (κ1) is 20.6. The van der Waals surface area contributed by atoms with Crippen LogP contribution in [0.3, 0.4) is 0 Å². The normalized spacial score (nSPS) is 22.9. The van der Waals surface area contributed by atoms with Crippen LogP contribution >= 0.6 is 0 Å². The van der Waals surface area contributed by atoms with Crippen LogP contribution in [0.15, 0.2) is 23.5 Å². The van der Waals surface area contributed by atoms with Crippen molar-refractivity contribution in [3.63, 3.8) is 0 Å². The summed E-state index contributed by atoms with van der Waals surface area (Å²) in [5.74, 6) is -4.72. The zero-order valence-electron chi connectivity index (χ0n) is 15.2. The van der Waals surface area contributed by atoms with Crippen LogP contribution in [0.4, 0.5) is 23.2 Å². The SMILES string of the molecule is N#Cc1ncc(N2CCC(C(N)=C3C(=N)NC(=O)CC3C(F)(F)F)CC2)cc1F. The van der Waals surface area contributed by atoms with Crippen molar-refractivity contribution in [2.45, 2.75) is 25.4 Å². The second kappa shape index (κ2) is 7.69. The van der Waals surface area contributed by atoms with E-state index >= 15 is 0 Å². The van der Waals surface area contributed by atoms with Crippen molar-refractivity contribution in [1.29, 1.82) is 10.7 Å². The fraction of sp³-hybridized carbons (Fsp3) is 0.444. The van der Waals surface area contributed by atoms with Gasteiger partial charge in [0.05, 0.1) is 17.8 Å². The molecule has 2 fully saturated rings. The molecule has 4 N–H and O–H groups in total. The number of alkyl halides is 3. The van der Waals surface area contributed by atoms with E-state index < -0.39 is 42.0 Å². The minimum absolute atomic E-state index is 0.0406. The van der Waals surface area contributed by atoms with E-state index in [2.05, 4.69) is 10.3 Å². The highest BCUT2D eigenvalue weighted by molar-refractivity contribution is 6.09. The summed E-state index contributed by atoms with van der Waals surface area (Å²) in [4.78, 5) is 17.0. The number of nitrogens with one attached hydrogen (secondary N) is 2. The third-order valence-corrected chi connectivity index (χ3v) is 5.21. The minimum Gasteiger partial charge on any atom is -0.401 e. The van der Waals surface area contributed by atoms with Gasteiger partial charge in [0.15, 0.2) is 11.5 Å². The Hall–Kier alpha value is -3.16. The average molecular weight is 410 g/mol. The summed E-state index contributed by atoms with van der Waals surface area (Å²) in [6.07, 6.45) is -3.32. The van der Waals surface area contributed by atoms with Crippen LogP contribution in [0.25, 0.3) is 0 Å². The number of nitriles is 1. The maximum Gasteiger partial charge on any atom is 0.396 e. The van der Waals surface area contributed by atoms with Gasteiger partial charge in [0.25, 0.3) is 0 Å². The predicted octanol–water partition coefficient (Wildman–Crippen LogP) is 2.20. The van der Waals surface area contributed by atoms with E-state index in [9.17, 15) is 22.4 Å². The number of anilines is 1. The largest absolute Gasteiger partial charge is 0.401 e. The number of amidine groups is 1. The van der Waals surface area contributed by atoms with E-state index in [1.54, 1.807) is 11.0 Å². The van der Waals surface area contributed by atoms with E-state index in [-0.39, 0.29) is 17.0 Å². The van der Waals surface area contributed by atoms with Crippen molar-refractivity contribution in [3.8, 4) is 6.07 Å². The molecule has 0 radical (unpaired) electrons. The number of rotatable bonds is 2. The second-order valence-electron chi connectivity index (χ2n) is 6.99. The van der Waals surface area contributed by atoms with Gasteiger partial charge in [-0.15, -0.1) is 0 Å². The number of nitrogens with zero attached hydrogens (tertiary/aromatic N) is 3. The van der Waals surface area contributed by atoms with E-state index in [0.29, 0.717) is 31.6 Å². The van der Waals surface area contributed by atoms with Crippen molar-refractivity contribution in [2.24, 2.45) is 17.6 Å². The van der Waals surface area contributed by atoms with Gasteiger partial charge >= 0.3 is 6.18 Å². The molecule has 1 aromatic heterocycles. The highest BCUT2D eigenvalue weighted by Crippen LogP contribution is 2.39. The molecule has 1 unspecified atom stereocenters. The van der Waals surface area contributed by atoms with Crippen LogP contribution in [0, 0.1) is 34.4 Å². The first-order valence-electron chi connectivity index (χ1n) is 8.87. The number of carbonyl (C=O) groups excluding carboxylic acids is 1. The molecule has 154 valence electrons. The Morgan fingerprint density at radius 2 is 2.03 bits per heavy atom. The molecule has 2 saturated heterocycles. The summed E-state index contributed by atoms with van der Waals surface area (Å²) in [5, 5.41) is 18.7. The standard InChI is InChI=1S/C18H18F4N6O/c19-12-5-10(8-26-13(12)7-23)28-3-1-9(2-4-28)16(24)15-11(18(20,21)22)6-14(29)27-17(15)25/h5,8-9,11H,1-4,6,24H2,(H2,25,27,29). The molecule has 0 bridgehead atoms. The van der Waals surface area contributed by atoms with Crippen molar-refractivity contribution in [1.82, 2.24) is 10.3 Å². The number of amides is 1. The molecule has 2 aliphatic heterocycles. The van der Waals surface area contributed by atoms with Crippen LogP contribution in [-0.2, 0) is 4.79 Å². The van der Waals surface area contributed by atoms with Gasteiger partial charge < -0.3 is 16.0 Å². The topological polar surface area (TPSA) is 119 Å². The third kappa shape index (κ3) is 4.16. The quantitative estimate of drug-likeness (QED) is 0.646. The molecule has 3 heterocycles. The van der Waals surface area contributed by atoms with Crippen molar-refractivity contribution in [3.05, 3.63) is 35.0 Å². The number of pyridine rings is 1. The lowest BCUT2D eigenvalue weighted by atomic mass is 9.82. The van der Waals surface area contributed by atoms with Gasteiger partial charge in [-0.3, -0.25) is 10.2 Å². The van der Waals surface area contributed by atoms with Crippen molar-refractivity contribution >= 4 is 17.4 Å². The second-order valence-corrected chi connectivity index (χ2v) is 6.99. The number of nitrogens with two attached hydrogens (primary N) is 1. The number of piperidine rings is 2. The van der Waals surface area contributed by atoms with Gasteiger partial charge in [-0.1, -0.05) is 0 Å². The Bertz CT molecular complexity index is 912. The number of allylic oxidation sites excluding steroid dienone is 1. The van der Waals surface area contributed by atoms with Gasteiger partial charge in [0, 0.05) is 42.8 Å². The highest BCUT2D eigenvalue weighted by Gasteiger charge is 2.48. The Kier molecular flexibility index (Phi) is 5.46. The fourth-order valence-corrected chi connectivity index (χ4v) is 3.70. The molecule has 0 aromatic carbocycles.